The normalized spacial score (nSPS) is 16.9. The molecule has 1 aliphatic carbocycles. The molecule has 2 rings (SSSR count). The van der Waals surface area contributed by atoms with Crippen LogP contribution in [0.1, 0.15) is 35.3 Å². The van der Waals surface area contributed by atoms with Crippen molar-refractivity contribution in [3.8, 4) is 0 Å². The van der Waals surface area contributed by atoms with Crippen molar-refractivity contribution in [3.05, 3.63) is 23.5 Å². The molecule has 1 heterocycles. The predicted molar refractivity (Wildman–Crippen MR) is 80.6 cm³/mol. The van der Waals surface area contributed by atoms with Crippen molar-refractivity contribution < 1.29 is 4.79 Å². The van der Waals surface area contributed by atoms with E-state index in [4.69, 9.17) is 5.73 Å². The van der Waals surface area contributed by atoms with E-state index in [1.165, 1.54) is 6.42 Å². The first-order chi connectivity index (χ1) is 9.35. The van der Waals surface area contributed by atoms with Crippen LogP contribution >= 0.6 is 0 Å². The molecule has 1 saturated carbocycles. The van der Waals surface area contributed by atoms with E-state index in [0.29, 0.717) is 11.3 Å². The number of aromatic nitrogens is 1. The smallest absolute Gasteiger partial charge is 0.257 e. The van der Waals surface area contributed by atoms with Crippen molar-refractivity contribution in [2.75, 3.05) is 33.4 Å². The van der Waals surface area contributed by atoms with Crippen LogP contribution in [0.5, 0.6) is 0 Å². The van der Waals surface area contributed by atoms with E-state index in [2.05, 4.69) is 24.0 Å². The summed E-state index contributed by atoms with van der Waals surface area (Å²) in [4.78, 5) is 20.7. The van der Waals surface area contributed by atoms with Gasteiger partial charge in [0.1, 0.15) is 0 Å². The SMILES string of the molecule is Cc1cc(N)c(C(=O)N(C)CC2(N(C)C)CCC2)cn1. The molecule has 2 N–H and O–H groups in total. The molecule has 0 radical (unpaired) electrons. The van der Waals surface area contributed by atoms with E-state index in [1.54, 1.807) is 17.2 Å². The number of nitrogens with two attached hydrogens (primary N) is 1. The van der Waals surface area contributed by atoms with Crippen LogP contribution in [0.25, 0.3) is 0 Å². The second-order valence-corrected chi connectivity index (χ2v) is 6.05. The van der Waals surface area contributed by atoms with E-state index >= 15 is 0 Å². The highest BCUT2D eigenvalue weighted by atomic mass is 16.2. The third-order valence-electron chi connectivity index (χ3n) is 4.41. The number of nitrogen functional groups attached to an aromatic ring is 1. The van der Waals surface area contributed by atoms with Crippen molar-refractivity contribution in [1.82, 2.24) is 14.8 Å². The second kappa shape index (κ2) is 5.40. The summed E-state index contributed by atoms with van der Waals surface area (Å²) in [6.07, 6.45) is 5.08. The lowest BCUT2D eigenvalue weighted by Crippen LogP contribution is -2.57. The molecular weight excluding hydrogens is 252 g/mol. The van der Waals surface area contributed by atoms with Gasteiger partial charge in [0.25, 0.3) is 5.91 Å². The minimum atomic E-state index is -0.0527. The van der Waals surface area contributed by atoms with Crippen LogP contribution < -0.4 is 5.73 Å². The van der Waals surface area contributed by atoms with Gasteiger partial charge in [-0.05, 0) is 46.3 Å². The first-order valence-electron chi connectivity index (χ1n) is 7.01. The molecule has 0 atom stereocenters. The summed E-state index contributed by atoms with van der Waals surface area (Å²) in [7, 11) is 6.00. The summed E-state index contributed by atoms with van der Waals surface area (Å²) < 4.78 is 0. The summed E-state index contributed by atoms with van der Waals surface area (Å²) >= 11 is 0. The lowest BCUT2D eigenvalue weighted by molar-refractivity contribution is 0.0253. The quantitative estimate of drug-likeness (QED) is 0.906. The topological polar surface area (TPSA) is 62.5 Å². The molecule has 1 amide bonds. The Kier molecular flexibility index (Phi) is 3.99. The number of nitrogens with zero attached hydrogens (tertiary/aromatic N) is 3. The molecule has 0 bridgehead atoms. The van der Waals surface area contributed by atoms with E-state index < -0.39 is 0 Å². The number of rotatable bonds is 4. The minimum absolute atomic E-state index is 0.0527. The Morgan fingerprint density at radius 2 is 2.05 bits per heavy atom. The van der Waals surface area contributed by atoms with Crippen LogP contribution in [0.15, 0.2) is 12.3 Å². The van der Waals surface area contributed by atoms with Crippen molar-refractivity contribution in [2.24, 2.45) is 0 Å². The molecule has 5 heteroatoms. The van der Waals surface area contributed by atoms with Gasteiger partial charge in [0.05, 0.1) is 5.56 Å². The highest BCUT2D eigenvalue weighted by Gasteiger charge is 2.40. The zero-order valence-electron chi connectivity index (χ0n) is 12.8. The summed E-state index contributed by atoms with van der Waals surface area (Å²) in [5, 5.41) is 0. The minimum Gasteiger partial charge on any atom is -0.398 e. The standard InChI is InChI=1S/C15H24N4O/c1-11-8-13(16)12(9-17-11)14(20)19(4)10-15(18(2)3)6-5-7-15/h8-9H,5-7,10H2,1-4H3,(H2,16,17). The first kappa shape index (κ1) is 14.8. The van der Waals surface area contributed by atoms with Gasteiger partial charge < -0.3 is 15.5 Å². The molecule has 0 unspecified atom stereocenters. The summed E-state index contributed by atoms with van der Waals surface area (Å²) in [6.45, 7) is 2.59. The Bertz CT molecular complexity index is 509. The lowest BCUT2D eigenvalue weighted by Gasteiger charge is -2.49. The molecule has 1 aliphatic rings. The fraction of sp³-hybridized carbons (Fsp3) is 0.600. The number of likely N-dealkylation sites (N-methyl/N-ethyl adjacent to an activating group) is 2. The molecule has 0 saturated heterocycles. The lowest BCUT2D eigenvalue weighted by atomic mass is 9.75. The van der Waals surface area contributed by atoms with Gasteiger partial charge in [-0.3, -0.25) is 9.78 Å². The first-order valence-corrected chi connectivity index (χ1v) is 7.01. The molecule has 20 heavy (non-hydrogen) atoms. The monoisotopic (exact) mass is 276 g/mol. The van der Waals surface area contributed by atoms with Gasteiger partial charge >= 0.3 is 0 Å². The molecule has 0 spiro atoms. The Hall–Kier alpha value is -1.62. The average Bonchev–Trinajstić information content (AvgIpc) is 2.32. The van der Waals surface area contributed by atoms with Crippen molar-refractivity contribution >= 4 is 11.6 Å². The Labute approximate surface area is 120 Å². The third kappa shape index (κ3) is 2.63. The van der Waals surface area contributed by atoms with Gasteiger partial charge in [0, 0.05) is 36.7 Å². The van der Waals surface area contributed by atoms with Crippen molar-refractivity contribution in [3.63, 3.8) is 0 Å². The fourth-order valence-corrected chi connectivity index (χ4v) is 2.81. The molecule has 110 valence electrons. The van der Waals surface area contributed by atoms with Gasteiger partial charge in [-0.1, -0.05) is 0 Å². The number of hydrogen-bond donors (Lipinski definition) is 1. The van der Waals surface area contributed by atoms with Crippen molar-refractivity contribution in [1.29, 1.82) is 0 Å². The van der Waals surface area contributed by atoms with Crippen LogP contribution in [-0.4, -0.2) is 53.9 Å². The van der Waals surface area contributed by atoms with Crippen molar-refractivity contribution in [2.45, 2.75) is 31.7 Å². The van der Waals surface area contributed by atoms with Crippen LogP contribution in [0.2, 0.25) is 0 Å². The molecule has 1 fully saturated rings. The van der Waals surface area contributed by atoms with Gasteiger partial charge in [-0.25, -0.2) is 0 Å². The molecule has 1 aromatic rings. The van der Waals surface area contributed by atoms with Gasteiger partial charge in [-0.15, -0.1) is 0 Å². The number of aryl methyl sites for hydroxylation is 1. The second-order valence-electron chi connectivity index (χ2n) is 6.05. The maximum atomic E-state index is 12.5. The summed E-state index contributed by atoms with van der Waals surface area (Å²) in [5.74, 6) is -0.0527. The van der Waals surface area contributed by atoms with E-state index in [1.807, 2.05) is 14.0 Å². The number of carbonyl (C=O) groups is 1. The highest BCUT2D eigenvalue weighted by molar-refractivity contribution is 5.98. The number of amides is 1. The van der Waals surface area contributed by atoms with Crippen LogP contribution in [0.3, 0.4) is 0 Å². The van der Waals surface area contributed by atoms with E-state index in [-0.39, 0.29) is 11.4 Å². The van der Waals surface area contributed by atoms with E-state index in [0.717, 1.165) is 25.1 Å². The number of anilines is 1. The molecule has 5 nitrogen and oxygen atoms in total. The van der Waals surface area contributed by atoms with Crippen LogP contribution in [-0.2, 0) is 0 Å². The number of hydrogen-bond acceptors (Lipinski definition) is 4. The van der Waals surface area contributed by atoms with Gasteiger partial charge in [0.2, 0.25) is 0 Å². The molecular formula is C15H24N4O. The third-order valence-corrected chi connectivity index (χ3v) is 4.41. The Morgan fingerprint density at radius 1 is 1.40 bits per heavy atom. The van der Waals surface area contributed by atoms with Gasteiger partial charge in [-0.2, -0.15) is 0 Å². The maximum absolute atomic E-state index is 12.5. The molecule has 0 aromatic carbocycles. The van der Waals surface area contributed by atoms with Crippen LogP contribution in [0.4, 0.5) is 5.69 Å². The number of pyridine rings is 1. The molecule has 0 aliphatic heterocycles. The molecule has 1 aromatic heterocycles. The predicted octanol–water partition coefficient (Wildman–Crippen LogP) is 1.53. The zero-order chi connectivity index (χ0) is 14.9. The number of carbonyl (C=O) groups excluding carboxylic acids is 1. The average molecular weight is 276 g/mol. The van der Waals surface area contributed by atoms with Crippen LogP contribution in [0, 0.1) is 6.92 Å². The Morgan fingerprint density at radius 3 is 2.50 bits per heavy atom. The van der Waals surface area contributed by atoms with Gasteiger partial charge in [0.15, 0.2) is 0 Å². The van der Waals surface area contributed by atoms with E-state index in [9.17, 15) is 4.79 Å². The maximum Gasteiger partial charge on any atom is 0.257 e. The largest absolute Gasteiger partial charge is 0.398 e. The highest BCUT2D eigenvalue weighted by Crippen LogP contribution is 2.36. The fourth-order valence-electron chi connectivity index (χ4n) is 2.81. The zero-order valence-corrected chi connectivity index (χ0v) is 12.8. The summed E-state index contributed by atoms with van der Waals surface area (Å²) in [5.41, 5.74) is 7.87. The summed E-state index contributed by atoms with van der Waals surface area (Å²) in [6, 6.07) is 1.74. The Balaban J connectivity index is 2.12.